The number of fused-ring (bicyclic) bond motifs is 1. The van der Waals surface area contributed by atoms with Crippen molar-refractivity contribution in [2.24, 2.45) is 0 Å². The van der Waals surface area contributed by atoms with Crippen molar-refractivity contribution in [2.75, 3.05) is 17.6 Å². The summed E-state index contributed by atoms with van der Waals surface area (Å²) in [6.07, 6.45) is 2.54. The Bertz CT molecular complexity index is 721. The number of rotatable bonds is 4. The summed E-state index contributed by atoms with van der Waals surface area (Å²) in [7, 11) is 0. The van der Waals surface area contributed by atoms with Crippen LogP contribution in [0.15, 0.2) is 30.5 Å². The van der Waals surface area contributed by atoms with Gasteiger partial charge in [-0.1, -0.05) is 23.7 Å². The maximum absolute atomic E-state index is 5.85. The first-order valence-corrected chi connectivity index (χ1v) is 6.55. The zero-order chi connectivity index (χ0) is 13.9. The van der Waals surface area contributed by atoms with Crippen molar-refractivity contribution in [1.82, 2.24) is 20.2 Å². The van der Waals surface area contributed by atoms with E-state index in [0.717, 1.165) is 23.4 Å². The number of hydrogen-bond donors (Lipinski definition) is 3. The van der Waals surface area contributed by atoms with Gasteiger partial charge in [0, 0.05) is 11.6 Å². The lowest BCUT2D eigenvalue weighted by molar-refractivity contribution is 1.01. The van der Waals surface area contributed by atoms with Crippen LogP contribution < -0.4 is 11.1 Å². The van der Waals surface area contributed by atoms with E-state index < -0.39 is 0 Å². The summed E-state index contributed by atoms with van der Waals surface area (Å²) in [6, 6.07) is 7.78. The molecule has 0 atom stereocenters. The Balaban J connectivity index is 1.70. The van der Waals surface area contributed by atoms with E-state index >= 15 is 0 Å². The largest absolute Gasteiger partial charge is 0.369 e. The highest BCUT2D eigenvalue weighted by atomic mass is 35.5. The summed E-state index contributed by atoms with van der Waals surface area (Å²) in [4.78, 5) is 8.26. The van der Waals surface area contributed by atoms with Crippen LogP contribution in [0.4, 0.5) is 11.8 Å². The Kier molecular flexibility index (Phi) is 3.39. The molecule has 2 heterocycles. The number of nitrogen functional groups attached to an aromatic ring is 1. The minimum atomic E-state index is 0.218. The lowest BCUT2D eigenvalue weighted by Crippen LogP contribution is -2.08. The molecular formula is C13H13ClN6. The van der Waals surface area contributed by atoms with Gasteiger partial charge in [0.05, 0.1) is 11.6 Å². The van der Waals surface area contributed by atoms with Gasteiger partial charge < -0.3 is 11.1 Å². The van der Waals surface area contributed by atoms with Gasteiger partial charge >= 0.3 is 0 Å². The van der Waals surface area contributed by atoms with Crippen molar-refractivity contribution in [1.29, 1.82) is 0 Å². The number of hydrogen-bond acceptors (Lipinski definition) is 5. The van der Waals surface area contributed by atoms with Gasteiger partial charge in [0.2, 0.25) is 5.95 Å². The highest BCUT2D eigenvalue weighted by Crippen LogP contribution is 2.18. The Morgan fingerprint density at radius 3 is 2.80 bits per heavy atom. The van der Waals surface area contributed by atoms with Crippen LogP contribution in [0.2, 0.25) is 5.02 Å². The molecule has 102 valence electrons. The predicted molar refractivity (Wildman–Crippen MR) is 79.7 cm³/mol. The number of nitrogens with two attached hydrogens (primary N) is 1. The molecule has 0 saturated carbocycles. The van der Waals surface area contributed by atoms with E-state index in [9.17, 15) is 0 Å². The molecule has 0 radical (unpaired) electrons. The summed E-state index contributed by atoms with van der Waals surface area (Å²) < 4.78 is 0. The number of nitrogens with zero attached hydrogens (tertiary/aromatic N) is 3. The molecule has 0 unspecified atom stereocenters. The van der Waals surface area contributed by atoms with E-state index in [4.69, 9.17) is 17.3 Å². The maximum Gasteiger partial charge on any atom is 0.224 e. The molecule has 0 spiro atoms. The first-order chi connectivity index (χ1) is 9.72. The number of halogens is 1. The van der Waals surface area contributed by atoms with Crippen LogP contribution in [0.5, 0.6) is 0 Å². The third-order valence-electron chi connectivity index (χ3n) is 2.95. The topological polar surface area (TPSA) is 92.5 Å². The summed E-state index contributed by atoms with van der Waals surface area (Å²) in [6.45, 7) is 0.734. The molecule has 3 rings (SSSR count). The highest BCUT2D eigenvalue weighted by molar-refractivity contribution is 6.30. The first kappa shape index (κ1) is 12.7. The minimum absolute atomic E-state index is 0.218. The van der Waals surface area contributed by atoms with Crippen LogP contribution in [0.1, 0.15) is 5.56 Å². The fraction of sp³-hybridized carbons (Fsp3) is 0.154. The van der Waals surface area contributed by atoms with Crippen LogP contribution >= 0.6 is 11.6 Å². The minimum Gasteiger partial charge on any atom is -0.369 e. The zero-order valence-electron chi connectivity index (χ0n) is 10.6. The maximum atomic E-state index is 5.85. The van der Waals surface area contributed by atoms with Crippen molar-refractivity contribution in [3.05, 3.63) is 41.0 Å². The predicted octanol–water partition coefficient (Wildman–Crippen LogP) is 2.24. The van der Waals surface area contributed by atoms with E-state index in [2.05, 4.69) is 25.5 Å². The number of benzene rings is 1. The van der Waals surface area contributed by atoms with Crippen molar-refractivity contribution in [3.8, 4) is 0 Å². The Morgan fingerprint density at radius 1 is 1.20 bits per heavy atom. The van der Waals surface area contributed by atoms with Crippen molar-refractivity contribution in [3.63, 3.8) is 0 Å². The van der Waals surface area contributed by atoms with Crippen molar-refractivity contribution >= 4 is 34.4 Å². The lowest BCUT2D eigenvalue weighted by atomic mass is 10.1. The number of aromatic amines is 1. The van der Waals surface area contributed by atoms with Gasteiger partial charge in [0.25, 0.3) is 0 Å². The second kappa shape index (κ2) is 5.34. The zero-order valence-corrected chi connectivity index (χ0v) is 11.4. The van der Waals surface area contributed by atoms with Gasteiger partial charge in [-0.15, -0.1) is 0 Å². The molecule has 0 bridgehead atoms. The monoisotopic (exact) mass is 288 g/mol. The fourth-order valence-corrected chi connectivity index (χ4v) is 2.09. The molecule has 4 N–H and O–H groups in total. The third-order valence-corrected chi connectivity index (χ3v) is 3.20. The van der Waals surface area contributed by atoms with Gasteiger partial charge in [-0.2, -0.15) is 15.1 Å². The molecule has 2 aromatic heterocycles. The summed E-state index contributed by atoms with van der Waals surface area (Å²) in [5, 5.41) is 11.5. The molecule has 20 heavy (non-hydrogen) atoms. The van der Waals surface area contributed by atoms with Gasteiger partial charge in [-0.3, -0.25) is 5.10 Å². The average molecular weight is 289 g/mol. The molecule has 0 aliphatic carbocycles. The molecule has 7 heteroatoms. The Hall–Kier alpha value is -2.34. The van der Waals surface area contributed by atoms with Crippen molar-refractivity contribution < 1.29 is 0 Å². The standard InChI is InChI=1S/C13H13ClN6/c14-9-3-1-8(2-4-9)5-6-16-11-10-7-17-20-12(10)19-13(15)18-11/h1-4,7H,5-6H2,(H4,15,16,17,18,19,20). The second-order valence-electron chi connectivity index (χ2n) is 4.37. The molecular weight excluding hydrogens is 276 g/mol. The molecule has 0 aliphatic rings. The quantitative estimate of drug-likeness (QED) is 0.685. The van der Waals surface area contributed by atoms with E-state index in [1.54, 1.807) is 6.20 Å². The van der Waals surface area contributed by atoms with E-state index in [1.165, 1.54) is 5.56 Å². The van der Waals surface area contributed by atoms with E-state index in [0.29, 0.717) is 11.5 Å². The molecule has 0 aliphatic heterocycles. The number of aromatic nitrogens is 4. The normalized spacial score (nSPS) is 10.8. The molecule has 0 saturated heterocycles. The van der Waals surface area contributed by atoms with Gasteiger partial charge in [-0.05, 0) is 24.1 Å². The van der Waals surface area contributed by atoms with Crippen LogP contribution in [0, 0.1) is 0 Å². The Labute approximate surface area is 120 Å². The van der Waals surface area contributed by atoms with E-state index in [-0.39, 0.29) is 5.95 Å². The van der Waals surface area contributed by atoms with Gasteiger partial charge in [0.15, 0.2) is 5.65 Å². The molecule has 3 aromatic rings. The van der Waals surface area contributed by atoms with Gasteiger partial charge in [-0.25, -0.2) is 0 Å². The van der Waals surface area contributed by atoms with Crippen LogP contribution in [0.3, 0.4) is 0 Å². The Morgan fingerprint density at radius 2 is 2.00 bits per heavy atom. The number of anilines is 2. The number of nitrogens with one attached hydrogen (secondary N) is 2. The SMILES string of the molecule is Nc1nc(NCCc2ccc(Cl)cc2)c2cn[nH]c2n1. The number of H-pyrrole nitrogens is 1. The summed E-state index contributed by atoms with van der Waals surface area (Å²) in [5.74, 6) is 0.908. The summed E-state index contributed by atoms with van der Waals surface area (Å²) >= 11 is 5.85. The summed E-state index contributed by atoms with van der Waals surface area (Å²) in [5.41, 5.74) is 7.49. The molecule has 0 fully saturated rings. The molecule has 6 nitrogen and oxygen atoms in total. The average Bonchev–Trinajstić information content (AvgIpc) is 2.89. The fourth-order valence-electron chi connectivity index (χ4n) is 1.96. The highest BCUT2D eigenvalue weighted by Gasteiger charge is 2.07. The van der Waals surface area contributed by atoms with Crippen LogP contribution in [-0.4, -0.2) is 26.7 Å². The lowest BCUT2D eigenvalue weighted by Gasteiger charge is -2.07. The van der Waals surface area contributed by atoms with Crippen molar-refractivity contribution in [2.45, 2.75) is 6.42 Å². The molecule has 0 amide bonds. The van der Waals surface area contributed by atoms with Crippen LogP contribution in [0.25, 0.3) is 11.0 Å². The van der Waals surface area contributed by atoms with E-state index in [1.807, 2.05) is 24.3 Å². The van der Waals surface area contributed by atoms with Gasteiger partial charge in [0.1, 0.15) is 5.82 Å². The first-order valence-electron chi connectivity index (χ1n) is 6.17. The third kappa shape index (κ3) is 2.65. The molecule has 1 aromatic carbocycles. The second-order valence-corrected chi connectivity index (χ2v) is 4.80. The smallest absolute Gasteiger partial charge is 0.224 e. The van der Waals surface area contributed by atoms with Crippen LogP contribution in [-0.2, 0) is 6.42 Å².